The van der Waals surface area contributed by atoms with Crippen LogP contribution in [0.2, 0.25) is 5.02 Å². The van der Waals surface area contributed by atoms with E-state index in [2.05, 4.69) is 20.8 Å². The van der Waals surface area contributed by atoms with E-state index in [0.29, 0.717) is 63.8 Å². The number of aromatic carboxylic acids is 1. The first-order chi connectivity index (χ1) is 22.1. The third-order valence-corrected chi connectivity index (χ3v) is 13.4. The van der Waals surface area contributed by atoms with Crippen LogP contribution in [0, 0.1) is 6.92 Å². The lowest BCUT2D eigenvalue weighted by Gasteiger charge is -2.38. The van der Waals surface area contributed by atoms with Gasteiger partial charge in [0, 0.05) is 46.9 Å². The first-order valence-electron chi connectivity index (χ1n) is 14.4. The number of anilines is 2. The average molecular weight is 759 g/mol. The van der Waals surface area contributed by atoms with E-state index >= 15 is 0 Å². The number of para-hydroxylation sites is 2. The van der Waals surface area contributed by atoms with Crippen LogP contribution >= 0.6 is 50.2 Å². The molecule has 1 fully saturated rings. The Labute approximate surface area is 288 Å². The molecule has 46 heavy (non-hydrogen) atoms. The van der Waals surface area contributed by atoms with Gasteiger partial charge in [-0.05, 0) is 93.6 Å². The summed E-state index contributed by atoms with van der Waals surface area (Å²) in [6.45, 7) is 3.86. The lowest BCUT2D eigenvalue weighted by atomic mass is 10.1. The van der Waals surface area contributed by atoms with E-state index in [1.54, 1.807) is 31.2 Å². The molecule has 238 valence electrons. The van der Waals surface area contributed by atoms with Gasteiger partial charge in [-0.3, -0.25) is 9.10 Å². The number of carbonyl (C=O) groups is 2. The summed E-state index contributed by atoms with van der Waals surface area (Å²) in [6.07, 6.45) is 0.369. The Morgan fingerprint density at radius 2 is 1.70 bits per heavy atom. The molecule has 1 amide bonds. The maximum absolute atomic E-state index is 14.6. The van der Waals surface area contributed by atoms with E-state index in [4.69, 9.17) is 11.6 Å². The smallest absolute Gasteiger partial charge is 0.346 e. The number of sulfonamides is 1. The molecule has 0 radical (unpaired) electrons. The number of piperazine rings is 1. The predicted octanol–water partition coefficient (Wildman–Crippen LogP) is 7.79. The summed E-state index contributed by atoms with van der Waals surface area (Å²) in [6, 6.07) is 21.4. The molecule has 1 aliphatic rings. The van der Waals surface area contributed by atoms with Crippen molar-refractivity contribution in [1.82, 2.24) is 4.90 Å². The number of hydrogen-bond acceptors (Lipinski definition) is 7. The van der Waals surface area contributed by atoms with Crippen molar-refractivity contribution in [1.29, 1.82) is 0 Å². The summed E-state index contributed by atoms with van der Waals surface area (Å²) in [5, 5.41) is 12.7. The molecule has 13 heteroatoms. The highest BCUT2D eigenvalue weighted by Gasteiger charge is 2.31. The van der Waals surface area contributed by atoms with Gasteiger partial charge >= 0.3 is 5.97 Å². The van der Waals surface area contributed by atoms with E-state index in [1.807, 2.05) is 52.7 Å². The highest BCUT2D eigenvalue weighted by molar-refractivity contribution is 9.10. The van der Waals surface area contributed by atoms with Gasteiger partial charge < -0.3 is 14.9 Å². The van der Waals surface area contributed by atoms with Crippen molar-refractivity contribution < 1.29 is 23.1 Å². The summed E-state index contributed by atoms with van der Waals surface area (Å²) in [4.78, 5) is 29.8. The zero-order chi connectivity index (χ0) is 32.6. The van der Waals surface area contributed by atoms with Gasteiger partial charge in [-0.15, -0.1) is 22.7 Å². The fourth-order valence-corrected chi connectivity index (χ4v) is 9.94. The standard InChI is InChI=1S/C33H29BrClN3O5S3/c1-21-24-20-23(10-11-29(24)45-30(21)33(40)41)46(42,43)38(14-12-22-6-2-3-7-26(22)35)28-9-5-4-8-27(28)36-15-17-37(18-16-36)32(39)31-25(34)13-19-44-31/h2-11,13,19-20H,12,14-18H2,1H3,(H,40,41). The number of carboxylic acid groups (broad SMARTS) is 1. The number of fused-ring (bicyclic) bond motifs is 1. The number of carbonyl (C=O) groups excluding carboxylic acids is 1. The highest BCUT2D eigenvalue weighted by Crippen LogP contribution is 2.37. The molecule has 5 aromatic rings. The highest BCUT2D eigenvalue weighted by atomic mass is 79.9. The van der Waals surface area contributed by atoms with Crippen molar-refractivity contribution in [2.24, 2.45) is 0 Å². The monoisotopic (exact) mass is 757 g/mol. The van der Waals surface area contributed by atoms with Crippen LogP contribution in [-0.2, 0) is 16.4 Å². The summed E-state index contributed by atoms with van der Waals surface area (Å²) in [5.74, 6) is -1.06. The number of thiophene rings is 2. The van der Waals surface area contributed by atoms with Crippen molar-refractivity contribution in [3.05, 3.63) is 109 Å². The second-order valence-electron chi connectivity index (χ2n) is 10.8. The van der Waals surface area contributed by atoms with Crippen LogP contribution in [0.3, 0.4) is 0 Å². The molecule has 1 N–H and O–H groups in total. The Balaban J connectivity index is 1.36. The quantitative estimate of drug-likeness (QED) is 0.165. The van der Waals surface area contributed by atoms with Crippen molar-refractivity contribution in [2.45, 2.75) is 18.2 Å². The summed E-state index contributed by atoms with van der Waals surface area (Å²) in [7, 11) is -4.12. The molecule has 0 aliphatic carbocycles. The zero-order valence-electron chi connectivity index (χ0n) is 24.7. The Morgan fingerprint density at radius 3 is 2.39 bits per heavy atom. The molecule has 3 aromatic carbocycles. The lowest BCUT2D eigenvalue weighted by Crippen LogP contribution is -2.49. The molecule has 3 heterocycles. The van der Waals surface area contributed by atoms with Crippen LogP contribution in [0.1, 0.15) is 30.5 Å². The minimum absolute atomic E-state index is 0.0241. The van der Waals surface area contributed by atoms with Crippen molar-refractivity contribution in [2.75, 3.05) is 41.9 Å². The number of carboxylic acids is 1. The zero-order valence-corrected chi connectivity index (χ0v) is 29.4. The van der Waals surface area contributed by atoms with E-state index in [9.17, 15) is 23.1 Å². The normalized spacial score (nSPS) is 13.7. The first-order valence-corrected chi connectivity index (χ1v) is 18.8. The minimum Gasteiger partial charge on any atom is -0.477 e. The Bertz CT molecular complexity index is 2050. The summed E-state index contributed by atoms with van der Waals surface area (Å²) in [5.41, 5.74) is 2.62. The van der Waals surface area contributed by atoms with E-state index in [-0.39, 0.29) is 22.2 Å². The second-order valence-corrected chi connectivity index (χ2v) is 15.9. The molecule has 1 saturated heterocycles. The average Bonchev–Trinajstić information content (AvgIpc) is 3.64. The molecule has 0 saturated carbocycles. The Hall–Kier alpha value is -3.42. The SMILES string of the molecule is Cc1c(C(=O)O)sc2ccc(S(=O)(=O)N(CCc3ccccc3Cl)c3ccccc3N3CCN(C(=O)c4sccc4Br)CC3)cc12. The van der Waals surface area contributed by atoms with E-state index in [0.717, 1.165) is 27.1 Å². The van der Waals surface area contributed by atoms with Gasteiger partial charge in [0.25, 0.3) is 15.9 Å². The number of nitrogens with zero attached hydrogens (tertiary/aromatic N) is 3. The Kier molecular flexibility index (Phi) is 9.45. The fourth-order valence-electron chi connectivity index (χ4n) is 5.67. The van der Waals surface area contributed by atoms with Gasteiger partial charge in [0.2, 0.25) is 0 Å². The molecule has 0 spiro atoms. The summed E-state index contributed by atoms with van der Waals surface area (Å²) < 4.78 is 32.1. The molecule has 8 nitrogen and oxygen atoms in total. The molecule has 6 rings (SSSR count). The molecular formula is C33H29BrClN3O5S3. The molecule has 2 aromatic heterocycles. The third-order valence-electron chi connectivity index (χ3n) is 8.10. The van der Waals surface area contributed by atoms with Crippen molar-refractivity contribution in [3.63, 3.8) is 0 Å². The Morgan fingerprint density at radius 1 is 0.978 bits per heavy atom. The number of rotatable bonds is 9. The predicted molar refractivity (Wildman–Crippen MR) is 190 cm³/mol. The van der Waals surface area contributed by atoms with E-state index < -0.39 is 16.0 Å². The molecule has 0 unspecified atom stereocenters. The van der Waals surface area contributed by atoms with Crippen LogP contribution in [0.5, 0.6) is 0 Å². The van der Waals surface area contributed by atoms with Crippen LogP contribution in [0.25, 0.3) is 10.1 Å². The van der Waals surface area contributed by atoms with Crippen LogP contribution in [0.4, 0.5) is 11.4 Å². The fraction of sp³-hybridized carbons (Fsp3) is 0.212. The summed E-state index contributed by atoms with van der Waals surface area (Å²) >= 11 is 12.5. The number of benzene rings is 3. The van der Waals surface area contributed by atoms with Gasteiger partial charge in [-0.1, -0.05) is 41.9 Å². The molecule has 1 aliphatic heterocycles. The maximum Gasteiger partial charge on any atom is 0.346 e. The third kappa shape index (κ3) is 6.28. The van der Waals surface area contributed by atoms with Gasteiger partial charge in [0.1, 0.15) is 9.75 Å². The maximum atomic E-state index is 14.6. The van der Waals surface area contributed by atoms with Crippen LogP contribution in [0.15, 0.2) is 87.5 Å². The van der Waals surface area contributed by atoms with Crippen LogP contribution in [-0.4, -0.2) is 63.0 Å². The number of amides is 1. The topological polar surface area (TPSA) is 98.2 Å². The van der Waals surface area contributed by atoms with Gasteiger partial charge in [0.05, 0.1) is 16.3 Å². The number of hydrogen-bond donors (Lipinski definition) is 1. The minimum atomic E-state index is -4.12. The van der Waals surface area contributed by atoms with Gasteiger partial charge in [0.15, 0.2) is 0 Å². The molecule has 0 bridgehead atoms. The number of halogens is 2. The van der Waals surface area contributed by atoms with Gasteiger partial charge in [-0.25, -0.2) is 13.2 Å². The van der Waals surface area contributed by atoms with E-state index in [1.165, 1.54) is 21.7 Å². The van der Waals surface area contributed by atoms with Crippen molar-refractivity contribution >= 4 is 93.6 Å². The lowest BCUT2D eigenvalue weighted by molar-refractivity contribution is 0.0700. The first kappa shape index (κ1) is 32.5. The number of aryl methyl sites for hydroxylation is 1. The molecule has 0 atom stereocenters. The second kappa shape index (κ2) is 13.4. The largest absolute Gasteiger partial charge is 0.477 e. The van der Waals surface area contributed by atoms with Crippen LogP contribution < -0.4 is 9.21 Å². The van der Waals surface area contributed by atoms with Crippen molar-refractivity contribution in [3.8, 4) is 0 Å². The molecular weight excluding hydrogens is 730 g/mol. The van der Waals surface area contributed by atoms with Gasteiger partial charge in [-0.2, -0.15) is 0 Å².